The standard InChI is InChI=1S/C12H9Cl2NO5/c13-6-1-2-7(14)10-9(6)11(19)12(20)15(10)4-5(16)3-8(17)18/h1-2,5,16H,3-4H2,(H,17,18). The fourth-order valence-electron chi connectivity index (χ4n) is 2.00. The summed E-state index contributed by atoms with van der Waals surface area (Å²) >= 11 is 11.8. The molecule has 2 rings (SSSR count). The van der Waals surface area contributed by atoms with E-state index in [1.54, 1.807) is 0 Å². The van der Waals surface area contributed by atoms with Crippen LogP contribution in [0.2, 0.25) is 10.0 Å². The van der Waals surface area contributed by atoms with Crippen LogP contribution in [0.5, 0.6) is 0 Å². The number of β-amino-alcohol motifs (C(OH)–C–C–N with tert-alkyl or cyclic N) is 1. The number of amides is 1. The summed E-state index contributed by atoms with van der Waals surface area (Å²) in [6, 6.07) is 2.82. The number of rotatable bonds is 4. The first-order chi connectivity index (χ1) is 9.32. The normalized spacial score (nSPS) is 15.4. The van der Waals surface area contributed by atoms with Crippen LogP contribution in [-0.4, -0.2) is 40.5 Å². The summed E-state index contributed by atoms with van der Waals surface area (Å²) in [6.07, 6.45) is -1.86. The van der Waals surface area contributed by atoms with Crippen LogP contribution in [-0.2, 0) is 9.59 Å². The van der Waals surface area contributed by atoms with Crippen molar-refractivity contribution < 1.29 is 24.6 Å². The molecule has 1 aromatic rings. The average molecular weight is 318 g/mol. The number of aliphatic hydroxyl groups excluding tert-OH is 1. The molecule has 20 heavy (non-hydrogen) atoms. The summed E-state index contributed by atoms with van der Waals surface area (Å²) in [5, 5.41) is 18.4. The first kappa shape index (κ1) is 14.8. The van der Waals surface area contributed by atoms with Crippen molar-refractivity contribution in [2.24, 2.45) is 0 Å². The number of Topliss-reactive ketones (excluding diaryl/α,β-unsaturated/α-hetero) is 1. The number of ketones is 1. The highest BCUT2D eigenvalue weighted by Crippen LogP contribution is 2.39. The SMILES string of the molecule is O=C(O)CC(O)CN1C(=O)C(=O)c2c(Cl)ccc(Cl)c21. The van der Waals surface area contributed by atoms with E-state index >= 15 is 0 Å². The van der Waals surface area contributed by atoms with Gasteiger partial charge in [-0.3, -0.25) is 14.4 Å². The second kappa shape index (κ2) is 5.40. The first-order valence-corrected chi connectivity index (χ1v) is 6.32. The number of hydrogen-bond acceptors (Lipinski definition) is 4. The van der Waals surface area contributed by atoms with E-state index in [1.807, 2.05) is 0 Å². The number of carboxylic acid groups (broad SMARTS) is 1. The Morgan fingerprint density at radius 1 is 1.25 bits per heavy atom. The molecule has 0 spiro atoms. The molecular formula is C12H9Cl2NO5. The number of halogens is 2. The zero-order valence-corrected chi connectivity index (χ0v) is 11.5. The Kier molecular flexibility index (Phi) is 3.99. The molecule has 0 aromatic heterocycles. The van der Waals surface area contributed by atoms with E-state index in [0.29, 0.717) is 0 Å². The number of fused-ring (bicyclic) bond motifs is 1. The quantitative estimate of drug-likeness (QED) is 0.817. The van der Waals surface area contributed by atoms with Gasteiger partial charge in [0.05, 0.1) is 40.4 Å². The summed E-state index contributed by atoms with van der Waals surface area (Å²) in [7, 11) is 0. The lowest BCUT2D eigenvalue weighted by Gasteiger charge is -2.20. The largest absolute Gasteiger partial charge is 0.481 e. The van der Waals surface area contributed by atoms with Gasteiger partial charge in [0.15, 0.2) is 0 Å². The summed E-state index contributed by atoms with van der Waals surface area (Å²) in [5.74, 6) is -2.93. The molecule has 1 atom stereocenters. The molecule has 0 fully saturated rings. The van der Waals surface area contributed by atoms with Crippen LogP contribution >= 0.6 is 23.2 Å². The molecule has 0 radical (unpaired) electrons. The first-order valence-electron chi connectivity index (χ1n) is 5.57. The molecule has 0 bridgehead atoms. The molecule has 8 heteroatoms. The number of carbonyl (C=O) groups is 3. The van der Waals surface area contributed by atoms with Gasteiger partial charge in [-0.1, -0.05) is 23.2 Å². The minimum Gasteiger partial charge on any atom is -0.481 e. The van der Waals surface area contributed by atoms with Crippen molar-refractivity contribution in [1.82, 2.24) is 0 Å². The number of aliphatic hydroxyl groups is 1. The third-order valence-corrected chi connectivity index (χ3v) is 3.44. The molecular weight excluding hydrogens is 309 g/mol. The molecule has 106 valence electrons. The predicted octanol–water partition coefficient (Wildman–Crippen LogP) is 1.36. The summed E-state index contributed by atoms with van der Waals surface area (Å²) < 4.78 is 0. The number of hydrogen-bond donors (Lipinski definition) is 2. The fraction of sp³-hybridized carbons (Fsp3) is 0.250. The molecule has 1 aromatic carbocycles. The molecule has 2 N–H and O–H groups in total. The summed E-state index contributed by atoms with van der Waals surface area (Å²) in [6.45, 7) is -0.343. The lowest BCUT2D eigenvalue weighted by molar-refractivity contribution is -0.139. The van der Waals surface area contributed by atoms with E-state index in [1.165, 1.54) is 12.1 Å². The zero-order chi connectivity index (χ0) is 15.0. The van der Waals surface area contributed by atoms with E-state index in [0.717, 1.165) is 4.90 Å². The van der Waals surface area contributed by atoms with Gasteiger partial charge >= 0.3 is 5.97 Å². The fourth-order valence-corrected chi connectivity index (χ4v) is 2.50. The van der Waals surface area contributed by atoms with Gasteiger partial charge in [0.2, 0.25) is 0 Å². The number of carbonyl (C=O) groups excluding carboxylic acids is 2. The average Bonchev–Trinajstić information content (AvgIpc) is 2.59. The monoisotopic (exact) mass is 317 g/mol. The maximum atomic E-state index is 11.9. The molecule has 1 heterocycles. The summed E-state index contributed by atoms with van der Waals surface area (Å²) in [5.41, 5.74) is 0.0882. The Morgan fingerprint density at radius 2 is 1.85 bits per heavy atom. The topological polar surface area (TPSA) is 94.9 Å². The zero-order valence-electron chi connectivity index (χ0n) is 9.97. The number of benzene rings is 1. The van der Waals surface area contributed by atoms with Crippen molar-refractivity contribution in [3.8, 4) is 0 Å². The third kappa shape index (κ3) is 2.49. The van der Waals surface area contributed by atoms with E-state index in [9.17, 15) is 19.5 Å². The molecule has 1 aliphatic rings. The van der Waals surface area contributed by atoms with Crippen molar-refractivity contribution >= 4 is 46.5 Å². The second-order valence-corrected chi connectivity index (χ2v) is 5.06. The number of aliphatic carboxylic acids is 1. The maximum Gasteiger partial charge on any atom is 0.306 e. The van der Waals surface area contributed by atoms with Crippen molar-refractivity contribution in [2.75, 3.05) is 11.4 Å². The molecule has 0 saturated carbocycles. The van der Waals surface area contributed by atoms with Gasteiger partial charge in [0, 0.05) is 0 Å². The van der Waals surface area contributed by atoms with Crippen molar-refractivity contribution in [3.05, 3.63) is 27.7 Å². The van der Waals surface area contributed by atoms with Gasteiger partial charge in [0.25, 0.3) is 11.7 Å². The molecule has 0 aliphatic carbocycles. The number of nitrogens with zero attached hydrogens (tertiary/aromatic N) is 1. The molecule has 6 nitrogen and oxygen atoms in total. The van der Waals surface area contributed by atoms with Crippen LogP contribution in [0.3, 0.4) is 0 Å². The highest BCUT2D eigenvalue weighted by Gasteiger charge is 2.40. The Balaban J connectivity index is 2.38. The smallest absolute Gasteiger partial charge is 0.306 e. The molecule has 1 aliphatic heterocycles. The van der Waals surface area contributed by atoms with Gasteiger partial charge in [0.1, 0.15) is 0 Å². The minimum absolute atomic E-state index is 0.0216. The van der Waals surface area contributed by atoms with Crippen LogP contribution in [0.15, 0.2) is 12.1 Å². The summed E-state index contributed by atoms with van der Waals surface area (Å²) in [4.78, 5) is 35.2. The van der Waals surface area contributed by atoms with Crippen LogP contribution in [0.4, 0.5) is 5.69 Å². The lowest BCUT2D eigenvalue weighted by atomic mass is 10.1. The van der Waals surface area contributed by atoms with E-state index < -0.39 is 30.2 Å². The highest BCUT2D eigenvalue weighted by molar-refractivity contribution is 6.57. The van der Waals surface area contributed by atoms with Gasteiger partial charge in [-0.25, -0.2) is 0 Å². The third-order valence-electron chi connectivity index (χ3n) is 2.82. The molecule has 0 saturated heterocycles. The Morgan fingerprint density at radius 3 is 2.45 bits per heavy atom. The number of anilines is 1. The van der Waals surface area contributed by atoms with E-state index in [2.05, 4.69) is 0 Å². The Bertz CT molecular complexity index is 616. The lowest BCUT2D eigenvalue weighted by Crippen LogP contribution is -2.37. The van der Waals surface area contributed by atoms with Crippen LogP contribution in [0, 0.1) is 0 Å². The van der Waals surface area contributed by atoms with Gasteiger partial charge in [-0.15, -0.1) is 0 Å². The van der Waals surface area contributed by atoms with Crippen molar-refractivity contribution in [3.63, 3.8) is 0 Å². The van der Waals surface area contributed by atoms with Crippen LogP contribution < -0.4 is 4.90 Å². The van der Waals surface area contributed by atoms with E-state index in [-0.39, 0.29) is 27.8 Å². The van der Waals surface area contributed by atoms with Gasteiger partial charge < -0.3 is 15.1 Å². The van der Waals surface area contributed by atoms with Gasteiger partial charge in [-0.05, 0) is 12.1 Å². The van der Waals surface area contributed by atoms with Crippen molar-refractivity contribution in [1.29, 1.82) is 0 Å². The number of carboxylic acids is 1. The highest BCUT2D eigenvalue weighted by atomic mass is 35.5. The van der Waals surface area contributed by atoms with Crippen LogP contribution in [0.1, 0.15) is 16.8 Å². The second-order valence-electron chi connectivity index (χ2n) is 4.25. The maximum absolute atomic E-state index is 11.9. The van der Waals surface area contributed by atoms with Crippen LogP contribution in [0.25, 0.3) is 0 Å². The predicted molar refractivity (Wildman–Crippen MR) is 71.4 cm³/mol. The molecule has 1 amide bonds. The minimum atomic E-state index is -1.31. The Labute approximate surface area is 123 Å². The Hall–Kier alpha value is -1.63. The van der Waals surface area contributed by atoms with Crippen molar-refractivity contribution in [2.45, 2.75) is 12.5 Å². The van der Waals surface area contributed by atoms with E-state index in [4.69, 9.17) is 28.3 Å². The van der Waals surface area contributed by atoms with Gasteiger partial charge in [-0.2, -0.15) is 0 Å². The molecule has 1 unspecified atom stereocenters.